The molecule has 2 aromatic heterocycles. The maximum Gasteiger partial charge on any atom is 0.240 e. The first-order valence-corrected chi connectivity index (χ1v) is 21.6. The number of aryl methyl sites for hydroxylation is 4. The predicted octanol–water partition coefficient (Wildman–Crippen LogP) is 6.49. The number of aliphatic imine (C=N–C) groups is 1. The summed E-state index contributed by atoms with van der Waals surface area (Å²) in [5, 5.41) is 13.4. The highest BCUT2D eigenvalue weighted by molar-refractivity contribution is 7.89. The first-order valence-electron chi connectivity index (χ1n) is 19.8. The molecule has 1 aliphatic rings. The smallest absolute Gasteiger partial charge is 0.240 e. The van der Waals surface area contributed by atoms with Crippen LogP contribution in [0.4, 0.5) is 0 Å². The van der Waals surface area contributed by atoms with E-state index in [0.29, 0.717) is 104 Å². The fraction of sp³-hybridized carbons (Fsp3) is 0.419. The number of carbonyl (C=O) groups excluding carboxylic acids is 1. The number of nitrogens with one attached hydrogen (secondary N) is 1. The minimum Gasteiger partial charge on any atom is -0.497 e. The van der Waals surface area contributed by atoms with Crippen LogP contribution in [0.15, 0.2) is 75.1 Å². The normalized spacial score (nSPS) is 13.8. The number of rotatable bonds is 23. The number of methoxy groups -OCH3 is 1. The Morgan fingerprint density at radius 3 is 2.17 bits per heavy atom. The molecule has 0 unspecified atom stereocenters. The van der Waals surface area contributed by atoms with Crippen molar-refractivity contribution >= 4 is 33.1 Å². The summed E-state index contributed by atoms with van der Waals surface area (Å²) in [5.74, 6) is 2.65. The summed E-state index contributed by atoms with van der Waals surface area (Å²) < 4.78 is 63.8. The van der Waals surface area contributed by atoms with Gasteiger partial charge < -0.3 is 28.2 Å². The Kier molecular flexibility index (Phi) is 15.8. The van der Waals surface area contributed by atoms with Crippen molar-refractivity contribution in [3.63, 3.8) is 0 Å². The van der Waals surface area contributed by atoms with Crippen LogP contribution in [0, 0.1) is 27.7 Å². The van der Waals surface area contributed by atoms with Gasteiger partial charge in [-0.25, -0.2) is 13.1 Å². The van der Waals surface area contributed by atoms with Gasteiger partial charge in [0.2, 0.25) is 10.0 Å². The van der Waals surface area contributed by atoms with Gasteiger partial charge in [0, 0.05) is 47.7 Å². The van der Waals surface area contributed by atoms with Crippen LogP contribution in [0.1, 0.15) is 65.1 Å². The maximum atomic E-state index is 13.3. The van der Waals surface area contributed by atoms with Crippen LogP contribution < -0.4 is 9.46 Å². The molecule has 3 aromatic carbocycles. The van der Waals surface area contributed by atoms with E-state index in [1.807, 2.05) is 66.9 Å². The quantitative estimate of drug-likeness (QED) is 0.0707. The molecule has 1 N–H and O–H groups in total. The molecular formula is C43H51ClN6O9S. The number of fused-ring (bicyclic) bond motifs is 3. The van der Waals surface area contributed by atoms with Gasteiger partial charge in [-0.1, -0.05) is 41.0 Å². The Bertz CT molecular complexity index is 2360. The predicted molar refractivity (Wildman–Crippen MR) is 226 cm³/mol. The van der Waals surface area contributed by atoms with Gasteiger partial charge in [0.25, 0.3) is 0 Å². The number of hydrogen-bond donors (Lipinski definition) is 1. The molecule has 0 aliphatic carbocycles. The van der Waals surface area contributed by atoms with Crippen molar-refractivity contribution in [3.8, 4) is 22.6 Å². The molecule has 1 atom stereocenters. The van der Waals surface area contributed by atoms with Crippen LogP contribution in [0.5, 0.6) is 5.75 Å². The molecule has 0 amide bonds. The minimum absolute atomic E-state index is 0.0446. The van der Waals surface area contributed by atoms with Gasteiger partial charge in [-0.2, -0.15) is 0 Å². The van der Waals surface area contributed by atoms with E-state index in [0.717, 1.165) is 27.9 Å². The van der Waals surface area contributed by atoms with Crippen molar-refractivity contribution in [2.75, 3.05) is 66.5 Å². The third kappa shape index (κ3) is 11.3. The van der Waals surface area contributed by atoms with E-state index in [2.05, 4.69) is 20.1 Å². The van der Waals surface area contributed by atoms with Gasteiger partial charge in [-0.05, 0) is 81.6 Å². The second kappa shape index (κ2) is 21.1. The van der Waals surface area contributed by atoms with E-state index in [-0.39, 0.29) is 30.3 Å². The van der Waals surface area contributed by atoms with Crippen molar-refractivity contribution in [2.24, 2.45) is 4.99 Å². The van der Waals surface area contributed by atoms with Gasteiger partial charge in [-0.15, -0.1) is 10.2 Å². The molecule has 1 aliphatic heterocycles. The Balaban J connectivity index is 0.842. The molecule has 60 heavy (non-hydrogen) atoms. The van der Waals surface area contributed by atoms with Crippen LogP contribution >= 0.6 is 11.6 Å². The first kappa shape index (κ1) is 44.7. The van der Waals surface area contributed by atoms with Gasteiger partial charge in [-0.3, -0.25) is 14.4 Å². The lowest BCUT2D eigenvalue weighted by Crippen LogP contribution is -2.28. The number of ether oxygens (including phenoxy) is 5. The van der Waals surface area contributed by atoms with Crippen LogP contribution in [0.2, 0.25) is 5.02 Å². The molecule has 0 saturated carbocycles. The first-order chi connectivity index (χ1) is 29.0. The lowest BCUT2D eigenvalue weighted by atomic mass is 9.99. The summed E-state index contributed by atoms with van der Waals surface area (Å²) in [7, 11) is -2.14. The summed E-state index contributed by atoms with van der Waals surface area (Å²) >= 11 is 6.21. The minimum atomic E-state index is -3.76. The van der Waals surface area contributed by atoms with Crippen molar-refractivity contribution in [1.29, 1.82) is 0 Å². The largest absolute Gasteiger partial charge is 0.497 e. The fourth-order valence-electron chi connectivity index (χ4n) is 6.89. The number of sulfonamides is 1. The lowest BCUT2D eigenvalue weighted by Gasteiger charge is -2.14. The van der Waals surface area contributed by atoms with E-state index >= 15 is 0 Å². The fourth-order valence-corrected chi connectivity index (χ4v) is 8.30. The molecule has 0 fully saturated rings. The molecule has 15 nitrogen and oxygen atoms in total. The summed E-state index contributed by atoms with van der Waals surface area (Å²) in [6.45, 7) is 10.2. The van der Waals surface area contributed by atoms with Crippen molar-refractivity contribution in [1.82, 2.24) is 24.6 Å². The second-order valence-electron chi connectivity index (χ2n) is 14.2. The Labute approximate surface area is 355 Å². The topological polar surface area (TPSA) is 178 Å². The van der Waals surface area contributed by atoms with Crippen LogP contribution in [0.25, 0.3) is 16.8 Å². The molecule has 17 heteroatoms. The van der Waals surface area contributed by atoms with E-state index in [9.17, 15) is 13.2 Å². The zero-order valence-electron chi connectivity index (χ0n) is 34.5. The number of nitrogens with zero attached hydrogens (tertiary/aromatic N) is 5. The number of benzene rings is 3. The SMILES string of the molecule is COc1ccc2c(c1)C(c1ccc(Cl)cc1)=N[C@@H](CC(=O)CCCOCCOCCOCCOCCNS(=O)(=O)c1cc(-c3c(C)noc3C)ccc1C)c1nnc(C)n1-2. The monoisotopic (exact) mass is 862 g/mol. The summed E-state index contributed by atoms with van der Waals surface area (Å²) in [6.07, 6.45) is 1.05. The number of aromatic nitrogens is 4. The van der Waals surface area contributed by atoms with Crippen molar-refractivity contribution in [2.45, 2.75) is 57.9 Å². The summed E-state index contributed by atoms with van der Waals surface area (Å²) in [4.78, 5) is 18.6. The molecular weight excluding hydrogens is 812 g/mol. The third-order valence-electron chi connectivity index (χ3n) is 9.87. The van der Waals surface area contributed by atoms with E-state index in [1.54, 1.807) is 33.1 Å². The van der Waals surface area contributed by atoms with E-state index < -0.39 is 16.1 Å². The molecule has 0 bridgehead atoms. The highest BCUT2D eigenvalue weighted by Gasteiger charge is 2.30. The zero-order valence-corrected chi connectivity index (χ0v) is 36.1. The van der Waals surface area contributed by atoms with Crippen LogP contribution in [-0.4, -0.2) is 106 Å². The summed E-state index contributed by atoms with van der Waals surface area (Å²) in [6, 6.07) is 18.0. The molecule has 5 aromatic rings. The van der Waals surface area contributed by atoms with Crippen molar-refractivity contribution in [3.05, 3.63) is 105 Å². The van der Waals surface area contributed by atoms with Gasteiger partial charge >= 0.3 is 0 Å². The van der Waals surface area contributed by atoms with Gasteiger partial charge in [0.15, 0.2) is 5.82 Å². The number of halogens is 1. The average Bonchev–Trinajstić information content (AvgIpc) is 3.75. The average molecular weight is 863 g/mol. The third-order valence-corrected chi connectivity index (χ3v) is 11.7. The number of ketones is 1. The number of carbonyl (C=O) groups is 1. The molecule has 0 spiro atoms. The molecule has 320 valence electrons. The number of Topliss-reactive ketones (excluding diaryl/α,β-unsaturated/α-hetero) is 1. The standard InChI is InChI=1S/C43H51ClN6O9S/c1-28-8-9-33(41-29(2)49-59-30(41)3)25-40(28)60(52,53)45-16-18-56-20-22-58-24-23-57-21-19-55-17-6-7-35(51)26-38-43-48-47-31(4)50(43)39-15-14-36(54-5)27-37(39)42(46-38)32-10-12-34(44)13-11-32/h8-15,25,27,38,45H,6-7,16-24,26H2,1-5H3/t38-/m0/s1. The highest BCUT2D eigenvalue weighted by Crippen LogP contribution is 2.35. The van der Waals surface area contributed by atoms with Crippen molar-refractivity contribution < 1.29 is 41.4 Å². The Hall–Kier alpha value is -4.81. The highest BCUT2D eigenvalue weighted by atomic mass is 35.5. The van der Waals surface area contributed by atoms with Crippen LogP contribution in [0.3, 0.4) is 0 Å². The van der Waals surface area contributed by atoms with Gasteiger partial charge in [0.1, 0.15) is 29.2 Å². The second-order valence-corrected chi connectivity index (χ2v) is 16.4. The molecule has 0 radical (unpaired) electrons. The Morgan fingerprint density at radius 1 is 0.833 bits per heavy atom. The van der Waals surface area contributed by atoms with Gasteiger partial charge in [0.05, 0.1) is 75.3 Å². The van der Waals surface area contributed by atoms with E-state index in [1.165, 1.54) is 0 Å². The van der Waals surface area contributed by atoms with Crippen LogP contribution in [-0.2, 0) is 33.8 Å². The summed E-state index contributed by atoms with van der Waals surface area (Å²) in [5.41, 5.74) is 6.12. The Morgan fingerprint density at radius 2 is 1.50 bits per heavy atom. The molecule has 0 saturated heterocycles. The lowest BCUT2D eigenvalue weighted by molar-refractivity contribution is -0.119. The molecule has 6 rings (SSSR count). The zero-order chi connectivity index (χ0) is 42.6. The number of hydrogen-bond acceptors (Lipinski definition) is 13. The van der Waals surface area contributed by atoms with E-state index in [4.69, 9.17) is 44.8 Å². The molecule has 3 heterocycles. The maximum absolute atomic E-state index is 13.3.